The van der Waals surface area contributed by atoms with Gasteiger partial charge in [0.15, 0.2) is 4.34 Å². The summed E-state index contributed by atoms with van der Waals surface area (Å²) in [6.45, 7) is 5.79. The van der Waals surface area contributed by atoms with Crippen LogP contribution in [-0.2, 0) is 4.79 Å². The molecule has 0 spiro atoms. The van der Waals surface area contributed by atoms with Gasteiger partial charge in [0.25, 0.3) is 5.91 Å². The Morgan fingerprint density at radius 1 is 1.21 bits per heavy atom. The fourth-order valence-corrected chi connectivity index (χ4v) is 3.63. The number of nitrogens with zero attached hydrogens (tertiary/aromatic N) is 2. The van der Waals surface area contributed by atoms with Gasteiger partial charge < -0.3 is 5.32 Å². The Balaban J connectivity index is 2.03. The molecule has 1 atom stereocenters. The summed E-state index contributed by atoms with van der Waals surface area (Å²) < 4.78 is 0.808. The van der Waals surface area contributed by atoms with Crippen molar-refractivity contribution in [2.75, 3.05) is 11.1 Å². The molecular formula is C16H20N4O2S2. The quantitative estimate of drug-likeness (QED) is 0.583. The highest BCUT2D eigenvalue weighted by atomic mass is 32.2. The van der Waals surface area contributed by atoms with E-state index in [9.17, 15) is 9.59 Å². The first-order valence-corrected chi connectivity index (χ1v) is 9.44. The first-order chi connectivity index (χ1) is 11.5. The van der Waals surface area contributed by atoms with E-state index in [4.69, 9.17) is 0 Å². The van der Waals surface area contributed by atoms with E-state index in [1.54, 1.807) is 36.0 Å². The summed E-state index contributed by atoms with van der Waals surface area (Å²) in [5.41, 5.74) is 0.522. The Bertz CT molecular complexity index is 688. The molecule has 24 heavy (non-hydrogen) atoms. The number of hydrogen-bond acceptors (Lipinski definition) is 6. The van der Waals surface area contributed by atoms with Crippen LogP contribution in [0.15, 0.2) is 34.7 Å². The Morgan fingerprint density at radius 2 is 1.92 bits per heavy atom. The van der Waals surface area contributed by atoms with Gasteiger partial charge in [-0.2, -0.15) is 0 Å². The maximum Gasteiger partial charge on any atom is 0.251 e. The van der Waals surface area contributed by atoms with Crippen molar-refractivity contribution in [3.05, 3.63) is 35.9 Å². The van der Waals surface area contributed by atoms with E-state index in [0.29, 0.717) is 10.7 Å². The van der Waals surface area contributed by atoms with E-state index in [1.807, 2.05) is 26.8 Å². The molecule has 0 aliphatic heterocycles. The SMILES string of the molecule is CCSc1nnc(NC(=O)[C@H](NC(=O)c2ccccc2)C(C)C)s1. The summed E-state index contributed by atoms with van der Waals surface area (Å²) in [7, 11) is 0. The molecule has 2 N–H and O–H groups in total. The van der Waals surface area contributed by atoms with Gasteiger partial charge in [-0.3, -0.25) is 14.9 Å². The smallest absolute Gasteiger partial charge is 0.251 e. The van der Waals surface area contributed by atoms with E-state index in [-0.39, 0.29) is 17.7 Å². The second-order valence-corrected chi connectivity index (χ2v) is 7.85. The third-order valence-electron chi connectivity index (χ3n) is 3.18. The molecule has 6 nitrogen and oxygen atoms in total. The van der Waals surface area contributed by atoms with Gasteiger partial charge >= 0.3 is 0 Å². The number of aromatic nitrogens is 2. The van der Waals surface area contributed by atoms with Crippen molar-refractivity contribution in [3.8, 4) is 0 Å². The fraction of sp³-hybridized carbons (Fsp3) is 0.375. The lowest BCUT2D eigenvalue weighted by atomic mass is 10.0. The summed E-state index contributed by atoms with van der Waals surface area (Å²) in [4.78, 5) is 24.8. The lowest BCUT2D eigenvalue weighted by molar-refractivity contribution is -0.118. The second-order valence-electron chi connectivity index (χ2n) is 5.36. The monoisotopic (exact) mass is 364 g/mol. The zero-order valence-corrected chi connectivity index (χ0v) is 15.4. The average Bonchev–Trinajstić information content (AvgIpc) is 3.00. The minimum absolute atomic E-state index is 0.0601. The van der Waals surface area contributed by atoms with Crippen LogP contribution < -0.4 is 10.6 Å². The van der Waals surface area contributed by atoms with Crippen LogP contribution in [0.2, 0.25) is 0 Å². The summed E-state index contributed by atoms with van der Waals surface area (Å²) in [6, 6.07) is 8.18. The summed E-state index contributed by atoms with van der Waals surface area (Å²) in [6.07, 6.45) is 0. The van der Waals surface area contributed by atoms with Crippen molar-refractivity contribution < 1.29 is 9.59 Å². The molecule has 0 aliphatic carbocycles. The maximum absolute atomic E-state index is 12.5. The number of nitrogens with one attached hydrogen (secondary N) is 2. The zero-order valence-electron chi connectivity index (χ0n) is 13.8. The minimum atomic E-state index is -0.649. The van der Waals surface area contributed by atoms with Gasteiger partial charge in [0.2, 0.25) is 11.0 Å². The Kier molecular flexibility index (Phi) is 6.74. The fourth-order valence-electron chi connectivity index (χ4n) is 1.97. The lowest BCUT2D eigenvalue weighted by Crippen LogP contribution is -2.47. The van der Waals surface area contributed by atoms with E-state index in [2.05, 4.69) is 20.8 Å². The number of rotatable bonds is 7. The standard InChI is InChI=1S/C16H20N4O2S2/c1-4-23-16-20-19-15(24-16)18-14(22)12(10(2)3)17-13(21)11-8-6-5-7-9-11/h5-10,12H,4H2,1-3H3,(H,17,21)(H,18,19,22)/t12-/m1/s1. The number of benzene rings is 1. The molecule has 1 aromatic carbocycles. The predicted octanol–water partition coefficient (Wildman–Crippen LogP) is 3.04. The highest BCUT2D eigenvalue weighted by Crippen LogP contribution is 2.25. The molecule has 0 unspecified atom stereocenters. The zero-order chi connectivity index (χ0) is 17.5. The number of thioether (sulfide) groups is 1. The van der Waals surface area contributed by atoms with Crippen LogP contribution >= 0.6 is 23.1 Å². The molecule has 1 heterocycles. The van der Waals surface area contributed by atoms with Crippen LogP contribution in [0.1, 0.15) is 31.1 Å². The topological polar surface area (TPSA) is 84.0 Å². The van der Waals surface area contributed by atoms with Gasteiger partial charge in [0.1, 0.15) is 6.04 Å². The molecule has 2 rings (SSSR count). The van der Waals surface area contributed by atoms with Gasteiger partial charge in [-0.25, -0.2) is 0 Å². The van der Waals surface area contributed by atoms with Crippen molar-refractivity contribution in [2.45, 2.75) is 31.2 Å². The highest BCUT2D eigenvalue weighted by molar-refractivity contribution is 8.01. The highest BCUT2D eigenvalue weighted by Gasteiger charge is 2.25. The van der Waals surface area contributed by atoms with E-state index < -0.39 is 6.04 Å². The van der Waals surface area contributed by atoms with Gasteiger partial charge in [0.05, 0.1) is 0 Å². The van der Waals surface area contributed by atoms with Crippen molar-refractivity contribution in [1.82, 2.24) is 15.5 Å². The first-order valence-electron chi connectivity index (χ1n) is 7.64. The molecule has 0 aliphatic rings. The van der Waals surface area contributed by atoms with Gasteiger partial charge in [-0.1, -0.05) is 62.1 Å². The minimum Gasteiger partial charge on any atom is -0.340 e. The summed E-state index contributed by atoms with van der Waals surface area (Å²) in [5.74, 6) is 0.266. The molecule has 0 radical (unpaired) electrons. The third kappa shape index (κ3) is 5.04. The van der Waals surface area contributed by atoms with Gasteiger partial charge in [0, 0.05) is 5.56 Å². The molecule has 0 bridgehead atoms. The molecular weight excluding hydrogens is 344 g/mol. The number of hydrogen-bond donors (Lipinski definition) is 2. The van der Waals surface area contributed by atoms with E-state index in [1.165, 1.54) is 11.3 Å². The van der Waals surface area contributed by atoms with Crippen molar-refractivity contribution in [1.29, 1.82) is 0 Å². The van der Waals surface area contributed by atoms with Crippen molar-refractivity contribution >= 4 is 40.0 Å². The summed E-state index contributed by atoms with van der Waals surface area (Å²) >= 11 is 2.90. The third-order valence-corrected chi connectivity index (χ3v) is 5.03. The molecule has 2 amide bonds. The maximum atomic E-state index is 12.5. The predicted molar refractivity (Wildman–Crippen MR) is 97.5 cm³/mol. The van der Waals surface area contributed by atoms with Crippen LogP contribution in [0.25, 0.3) is 0 Å². The number of carbonyl (C=O) groups is 2. The van der Waals surface area contributed by atoms with Crippen LogP contribution in [0.5, 0.6) is 0 Å². The number of amides is 2. The van der Waals surface area contributed by atoms with E-state index >= 15 is 0 Å². The molecule has 0 saturated carbocycles. The molecule has 1 aromatic heterocycles. The Hall–Kier alpha value is -1.93. The van der Waals surface area contributed by atoms with Crippen LogP contribution in [0.4, 0.5) is 5.13 Å². The van der Waals surface area contributed by atoms with Crippen LogP contribution in [-0.4, -0.2) is 33.8 Å². The number of carbonyl (C=O) groups excluding carboxylic acids is 2. The van der Waals surface area contributed by atoms with E-state index in [0.717, 1.165) is 10.1 Å². The number of anilines is 1. The Morgan fingerprint density at radius 3 is 2.54 bits per heavy atom. The largest absolute Gasteiger partial charge is 0.340 e. The van der Waals surface area contributed by atoms with Crippen LogP contribution in [0, 0.1) is 5.92 Å². The van der Waals surface area contributed by atoms with Crippen molar-refractivity contribution in [3.63, 3.8) is 0 Å². The first kappa shape index (κ1) is 18.4. The summed E-state index contributed by atoms with van der Waals surface area (Å²) in [5, 5.41) is 13.9. The van der Waals surface area contributed by atoms with Crippen LogP contribution in [0.3, 0.4) is 0 Å². The van der Waals surface area contributed by atoms with Gasteiger partial charge in [-0.05, 0) is 23.8 Å². The molecule has 0 saturated heterocycles. The molecule has 2 aromatic rings. The average molecular weight is 364 g/mol. The molecule has 0 fully saturated rings. The normalized spacial score (nSPS) is 12.0. The Labute approximate surface area is 149 Å². The second kappa shape index (κ2) is 8.79. The molecule has 8 heteroatoms. The van der Waals surface area contributed by atoms with Crippen molar-refractivity contribution in [2.24, 2.45) is 5.92 Å². The van der Waals surface area contributed by atoms with Gasteiger partial charge in [-0.15, -0.1) is 10.2 Å². The lowest BCUT2D eigenvalue weighted by Gasteiger charge is -2.21. The molecule has 128 valence electrons.